The summed E-state index contributed by atoms with van der Waals surface area (Å²) < 4.78 is 0. The van der Waals surface area contributed by atoms with Crippen LogP contribution in [0.3, 0.4) is 0 Å². The first kappa shape index (κ1) is 15.8. The van der Waals surface area contributed by atoms with E-state index in [1.807, 2.05) is 12.1 Å². The zero-order valence-corrected chi connectivity index (χ0v) is 12.9. The predicted molar refractivity (Wildman–Crippen MR) is 80.5 cm³/mol. The fraction of sp³-hybridized carbons (Fsp3) is 0.571. The van der Waals surface area contributed by atoms with Gasteiger partial charge in [0.25, 0.3) is 0 Å². The molecule has 0 spiro atoms. The van der Waals surface area contributed by atoms with Gasteiger partial charge in [-0.15, -0.1) is 11.8 Å². The summed E-state index contributed by atoms with van der Waals surface area (Å²) in [6.07, 6.45) is 0.809. The Kier molecular flexibility index (Phi) is 6.50. The average molecular weight is 288 g/mol. The van der Waals surface area contributed by atoms with Gasteiger partial charge in [-0.2, -0.15) is 0 Å². The fourth-order valence-corrected chi connectivity index (χ4v) is 2.77. The number of hydrogen-bond acceptors (Lipinski definition) is 3. The Morgan fingerprint density at radius 1 is 1.33 bits per heavy atom. The van der Waals surface area contributed by atoms with Gasteiger partial charge in [0.15, 0.2) is 0 Å². The molecule has 0 saturated heterocycles. The minimum atomic E-state index is 0.0756. The highest BCUT2D eigenvalue weighted by Gasteiger charge is 2.12. The fourth-order valence-electron chi connectivity index (χ4n) is 1.45. The summed E-state index contributed by atoms with van der Waals surface area (Å²) >= 11 is 8.02. The molecule has 1 aromatic rings. The van der Waals surface area contributed by atoms with E-state index in [9.17, 15) is 0 Å². The van der Waals surface area contributed by atoms with E-state index in [-0.39, 0.29) is 12.1 Å². The molecule has 0 aliphatic rings. The minimum Gasteiger partial charge on any atom is -0.396 e. The molecule has 0 aliphatic heterocycles. The van der Waals surface area contributed by atoms with Crippen LogP contribution in [0.25, 0.3) is 0 Å². The van der Waals surface area contributed by atoms with Crippen molar-refractivity contribution < 1.29 is 5.11 Å². The lowest BCUT2D eigenvalue weighted by atomic mass is 10.1. The smallest absolute Gasteiger partial charge is 0.0462 e. The lowest BCUT2D eigenvalue weighted by Gasteiger charge is -2.22. The zero-order valence-electron chi connectivity index (χ0n) is 11.3. The van der Waals surface area contributed by atoms with Gasteiger partial charge in [-0.05, 0) is 44.9 Å². The highest BCUT2D eigenvalue weighted by Crippen LogP contribution is 2.29. The van der Waals surface area contributed by atoms with Gasteiger partial charge >= 0.3 is 0 Å². The number of rotatable bonds is 6. The molecule has 1 aromatic carbocycles. The molecule has 0 heterocycles. The van der Waals surface area contributed by atoms with Crippen LogP contribution >= 0.6 is 23.4 Å². The first-order chi connectivity index (χ1) is 8.44. The summed E-state index contributed by atoms with van der Waals surface area (Å²) in [5.74, 6) is 0.916. The van der Waals surface area contributed by atoms with Gasteiger partial charge in [-0.25, -0.2) is 0 Å². The second-order valence-electron chi connectivity index (χ2n) is 5.25. The maximum atomic E-state index is 8.83. The Hall–Kier alpha value is -0.220. The summed E-state index contributed by atoms with van der Waals surface area (Å²) in [6, 6.07) is 6.00. The Balaban J connectivity index is 2.74. The van der Waals surface area contributed by atoms with Crippen LogP contribution in [-0.4, -0.2) is 23.0 Å². The standard InChI is InChI=1S/C14H22ClNOS/c1-14(2,3)16-10-11-12(15)6-4-7-13(11)18-9-5-8-17/h4,6-7,16-17H,5,8-10H2,1-3H3. The third kappa shape index (κ3) is 5.61. The van der Waals surface area contributed by atoms with Crippen molar-refractivity contribution >= 4 is 23.4 Å². The summed E-state index contributed by atoms with van der Waals surface area (Å²) in [7, 11) is 0. The molecule has 2 N–H and O–H groups in total. The van der Waals surface area contributed by atoms with Crippen molar-refractivity contribution in [3.63, 3.8) is 0 Å². The molecule has 0 unspecified atom stereocenters. The summed E-state index contributed by atoms with van der Waals surface area (Å²) in [5, 5.41) is 13.1. The number of aliphatic hydroxyl groups excluding tert-OH is 1. The number of thioether (sulfide) groups is 1. The maximum Gasteiger partial charge on any atom is 0.0462 e. The van der Waals surface area contributed by atoms with Gasteiger partial charge < -0.3 is 10.4 Å². The number of aliphatic hydroxyl groups is 1. The van der Waals surface area contributed by atoms with Gasteiger partial charge in [0.05, 0.1) is 0 Å². The van der Waals surface area contributed by atoms with Crippen LogP contribution in [0.4, 0.5) is 0 Å². The number of hydrogen-bond donors (Lipinski definition) is 2. The van der Waals surface area contributed by atoms with Crippen LogP contribution in [0.5, 0.6) is 0 Å². The largest absolute Gasteiger partial charge is 0.396 e. The summed E-state index contributed by atoms with van der Waals surface area (Å²) in [5.41, 5.74) is 1.23. The maximum absolute atomic E-state index is 8.83. The average Bonchev–Trinajstić information content (AvgIpc) is 2.27. The lowest BCUT2D eigenvalue weighted by molar-refractivity contribution is 0.296. The highest BCUT2D eigenvalue weighted by atomic mass is 35.5. The second-order valence-corrected chi connectivity index (χ2v) is 6.79. The molecule has 0 amide bonds. The van der Waals surface area contributed by atoms with Crippen LogP contribution < -0.4 is 5.32 Å². The van der Waals surface area contributed by atoms with Crippen molar-refractivity contribution in [3.05, 3.63) is 28.8 Å². The molecule has 0 atom stereocenters. The molecule has 4 heteroatoms. The van der Waals surface area contributed by atoms with Crippen molar-refractivity contribution in [2.24, 2.45) is 0 Å². The lowest BCUT2D eigenvalue weighted by Crippen LogP contribution is -2.35. The first-order valence-corrected chi connectivity index (χ1v) is 7.56. The molecule has 102 valence electrons. The minimum absolute atomic E-state index is 0.0756. The summed E-state index contributed by atoms with van der Waals surface area (Å²) in [4.78, 5) is 1.20. The molecule has 0 aromatic heterocycles. The molecular weight excluding hydrogens is 266 g/mol. The quantitative estimate of drug-likeness (QED) is 0.618. The van der Waals surface area contributed by atoms with Crippen molar-refractivity contribution in [2.45, 2.75) is 44.2 Å². The molecule has 0 radical (unpaired) electrons. The monoisotopic (exact) mass is 287 g/mol. The Labute approximate surface area is 119 Å². The second kappa shape index (κ2) is 7.39. The van der Waals surface area contributed by atoms with Crippen LogP contribution in [0.2, 0.25) is 5.02 Å². The summed E-state index contributed by atoms with van der Waals surface area (Å²) in [6.45, 7) is 7.43. The Morgan fingerprint density at radius 3 is 2.67 bits per heavy atom. The van der Waals surface area contributed by atoms with Gasteiger partial charge in [0.2, 0.25) is 0 Å². The zero-order chi connectivity index (χ0) is 13.6. The molecule has 0 saturated carbocycles. The normalized spacial score (nSPS) is 11.8. The van der Waals surface area contributed by atoms with E-state index in [1.165, 1.54) is 4.90 Å². The van der Waals surface area contributed by atoms with E-state index in [0.717, 1.165) is 29.3 Å². The Morgan fingerprint density at radius 2 is 2.06 bits per heavy atom. The van der Waals surface area contributed by atoms with Crippen molar-refractivity contribution in [1.29, 1.82) is 0 Å². The van der Waals surface area contributed by atoms with Crippen LogP contribution in [0, 0.1) is 0 Å². The van der Waals surface area contributed by atoms with E-state index in [4.69, 9.17) is 16.7 Å². The van der Waals surface area contributed by atoms with E-state index in [0.29, 0.717) is 0 Å². The number of nitrogens with one attached hydrogen (secondary N) is 1. The van der Waals surface area contributed by atoms with E-state index < -0.39 is 0 Å². The van der Waals surface area contributed by atoms with Crippen molar-refractivity contribution in [1.82, 2.24) is 5.32 Å². The molecule has 0 bridgehead atoms. The molecule has 0 fully saturated rings. The number of benzene rings is 1. The molecular formula is C14H22ClNOS. The van der Waals surface area contributed by atoms with Crippen LogP contribution in [0.1, 0.15) is 32.8 Å². The SMILES string of the molecule is CC(C)(C)NCc1c(Cl)cccc1SCCCO. The third-order valence-corrected chi connectivity index (χ3v) is 3.97. The van der Waals surface area contributed by atoms with E-state index in [2.05, 4.69) is 32.2 Å². The first-order valence-electron chi connectivity index (χ1n) is 6.20. The van der Waals surface area contributed by atoms with Crippen molar-refractivity contribution in [3.8, 4) is 0 Å². The number of halogens is 1. The van der Waals surface area contributed by atoms with Gasteiger partial charge in [0, 0.05) is 34.4 Å². The molecule has 0 aliphatic carbocycles. The predicted octanol–water partition coefficient (Wildman–Crippen LogP) is 3.70. The topological polar surface area (TPSA) is 32.3 Å². The molecule has 18 heavy (non-hydrogen) atoms. The third-order valence-electron chi connectivity index (χ3n) is 2.43. The van der Waals surface area contributed by atoms with Gasteiger partial charge in [0.1, 0.15) is 0 Å². The Bertz CT molecular complexity index is 377. The van der Waals surface area contributed by atoms with Gasteiger partial charge in [-0.1, -0.05) is 17.7 Å². The van der Waals surface area contributed by atoms with Gasteiger partial charge in [-0.3, -0.25) is 0 Å². The van der Waals surface area contributed by atoms with E-state index in [1.54, 1.807) is 11.8 Å². The molecule has 1 rings (SSSR count). The van der Waals surface area contributed by atoms with Crippen LogP contribution in [0.15, 0.2) is 23.1 Å². The van der Waals surface area contributed by atoms with Crippen molar-refractivity contribution in [2.75, 3.05) is 12.4 Å². The highest BCUT2D eigenvalue weighted by molar-refractivity contribution is 7.99. The van der Waals surface area contributed by atoms with Crippen LogP contribution in [-0.2, 0) is 6.54 Å². The molecule has 2 nitrogen and oxygen atoms in total. The van der Waals surface area contributed by atoms with E-state index >= 15 is 0 Å².